The van der Waals surface area contributed by atoms with Crippen molar-refractivity contribution in [2.24, 2.45) is 5.92 Å². The molecule has 0 amide bonds. The minimum Gasteiger partial charge on any atom is -0.378 e. The second-order valence-electron chi connectivity index (χ2n) is 4.79. The highest BCUT2D eigenvalue weighted by Crippen LogP contribution is 2.23. The molecule has 1 N–H and O–H groups in total. The Hall–Kier alpha value is -1.17. The van der Waals surface area contributed by atoms with Gasteiger partial charge >= 0.3 is 0 Å². The van der Waals surface area contributed by atoms with Crippen LogP contribution in [0, 0.1) is 16.0 Å². The van der Waals surface area contributed by atoms with Gasteiger partial charge in [0.15, 0.2) is 0 Å². The molecule has 0 saturated carbocycles. The molecule has 1 aromatic carbocycles. The number of ether oxygens (including phenoxy) is 1. The standard InChI is InChI=1S/C13H17ClN2O3/c1-9-10(4-5-19-9)7-15-8-11-6-12(16(17)18)2-3-13(11)14/h2-3,6,9-10,15H,4-5,7-8H2,1H3. The Morgan fingerprint density at radius 3 is 3.00 bits per heavy atom. The summed E-state index contributed by atoms with van der Waals surface area (Å²) in [5.41, 5.74) is 0.821. The number of hydrogen-bond acceptors (Lipinski definition) is 4. The number of nitrogens with one attached hydrogen (secondary N) is 1. The van der Waals surface area contributed by atoms with Crippen LogP contribution in [0.5, 0.6) is 0 Å². The highest BCUT2D eigenvalue weighted by atomic mass is 35.5. The van der Waals surface area contributed by atoms with Gasteiger partial charge in [-0.15, -0.1) is 0 Å². The van der Waals surface area contributed by atoms with Crippen molar-refractivity contribution in [3.63, 3.8) is 0 Å². The first kappa shape index (κ1) is 14.2. The van der Waals surface area contributed by atoms with Crippen LogP contribution in [0.15, 0.2) is 18.2 Å². The highest BCUT2D eigenvalue weighted by molar-refractivity contribution is 6.31. The summed E-state index contributed by atoms with van der Waals surface area (Å²) in [6.45, 7) is 4.24. The van der Waals surface area contributed by atoms with Gasteiger partial charge in [0, 0.05) is 36.9 Å². The summed E-state index contributed by atoms with van der Waals surface area (Å²) >= 11 is 6.04. The predicted molar refractivity (Wildman–Crippen MR) is 73.3 cm³/mol. The summed E-state index contributed by atoms with van der Waals surface area (Å²) in [7, 11) is 0. The molecule has 2 rings (SSSR count). The zero-order valence-corrected chi connectivity index (χ0v) is 11.5. The monoisotopic (exact) mass is 284 g/mol. The molecule has 0 spiro atoms. The second-order valence-corrected chi connectivity index (χ2v) is 5.20. The van der Waals surface area contributed by atoms with Crippen LogP contribution in [0.25, 0.3) is 0 Å². The molecule has 0 bridgehead atoms. The summed E-state index contributed by atoms with van der Waals surface area (Å²) in [5.74, 6) is 0.498. The zero-order chi connectivity index (χ0) is 13.8. The molecule has 0 radical (unpaired) electrons. The van der Waals surface area contributed by atoms with E-state index in [1.807, 2.05) is 0 Å². The molecule has 1 saturated heterocycles. The van der Waals surface area contributed by atoms with Gasteiger partial charge in [-0.2, -0.15) is 0 Å². The Morgan fingerprint density at radius 1 is 1.58 bits per heavy atom. The van der Waals surface area contributed by atoms with Gasteiger partial charge in [0.2, 0.25) is 0 Å². The van der Waals surface area contributed by atoms with Gasteiger partial charge in [0.25, 0.3) is 5.69 Å². The number of rotatable bonds is 5. The van der Waals surface area contributed by atoms with Crippen LogP contribution in [-0.4, -0.2) is 24.2 Å². The van der Waals surface area contributed by atoms with E-state index in [1.165, 1.54) is 12.1 Å². The molecule has 2 unspecified atom stereocenters. The van der Waals surface area contributed by atoms with Gasteiger partial charge in [0.1, 0.15) is 0 Å². The first-order valence-corrected chi connectivity index (χ1v) is 6.71. The lowest BCUT2D eigenvalue weighted by atomic mass is 10.0. The molecule has 1 aromatic rings. The van der Waals surface area contributed by atoms with E-state index in [2.05, 4.69) is 12.2 Å². The van der Waals surface area contributed by atoms with Crippen molar-refractivity contribution < 1.29 is 9.66 Å². The summed E-state index contributed by atoms with van der Waals surface area (Å²) in [6, 6.07) is 4.50. The van der Waals surface area contributed by atoms with Gasteiger partial charge in [-0.05, 0) is 30.9 Å². The van der Waals surface area contributed by atoms with Crippen LogP contribution >= 0.6 is 11.6 Å². The molecular formula is C13H17ClN2O3. The molecule has 104 valence electrons. The average Bonchev–Trinajstić information content (AvgIpc) is 2.77. The first-order chi connectivity index (χ1) is 9.08. The molecule has 1 fully saturated rings. The number of non-ortho nitro benzene ring substituents is 1. The molecule has 0 aliphatic carbocycles. The van der Waals surface area contributed by atoms with Gasteiger partial charge in [-0.1, -0.05) is 11.6 Å². The predicted octanol–water partition coefficient (Wildman–Crippen LogP) is 2.76. The third kappa shape index (κ3) is 3.65. The lowest BCUT2D eigenvalue weighted by Gasteiger charge is -2.15. The molecule has 1 aliphatic heterocycles. The van der Waals surface area contributed by atoms with E-state index < -0.39 is 4.92 Å². The lowest BCUT2D eigenvalue weighted by Crippen LogP contribution is -2.26. The topological polar surface area (TPSA) is 64.4 Å². The van der Waals surface area contributed by atoms with E-state index in [0.29, 0.717) is 17.5 Å². The van der Waals surface area contributed by atoms with Crippen LogP contribution in [0.1, 0.15) is 18.9 Å². The maximum absolute atomic E-state index is 10.7. The number of benzene rings is 1. The van der Waals surface area contributed by atoms with Crippen LogP contribution in [0.4, 0.5) is 5.69 Å². The summed E-state index contributed by atoms with van der Waals surface area (Å²) < 4.78 is 5.49. The fourth-order valence-corrected chi connectivity index (χ4v) is 2.43. The quantitative estimate of drug-likeness (QED) is 0.667. The average molecular weight is 285 g/mol. The van der Waals surface area contributed by atoms with E-state index in [1.54, 1.807) is 6.07 Å². The molecule has 1 heterocycles. The zero-order valence-electron chi connectivity index (χ0n) is 10.8. The Bertz CT molecular complexity index is 467. The second kappa shape index (κ2) is 6.32. The molecule has 6 heteroatoms. The van der Waals surface area contributed by atoms with Crippen molar-refractivity contribution in [2.75, 3.05) is 13.2 Å². The maximum atomic E-state index is 10.7. The number of nitro groups is 1. The van der Waals surface area contributed by atoms with Crippen LogP contribution in [0.2, 0.25) is 5.02 Å². The lowest BCUT2D eigenvalue weighted by molar-refractivity contribution is -0.384. The van der Waals surface area contributed by atoms with Gasteiger partial charge in [-0.25, -0.2) is 0 Å². The van der Waals surface area contributed by atoms with Gasteiger partial charge in [-0.3, -0.25) is 10.1 Å². The van der Waals surface area contributed by atoms with E-state index in [-0.39, 0.29) is 11.8 Å². The van der Waals surface area contributed by atoms with Crippen molar-refractivity contribution in [2.45, 2.75) is 26.0 Å². The van der Waals surface area contributed by atoms with Crippen molar-refractivity contribution in [3.8, 4) is 0 Å². The number of hydrogen-bond donors (Lipinski definition) is 1. The van der Waals surface area contributed by atoms with Crippen molar-refractivity contribution in [1.82, 2.24) is 5.32 Å². The van der Waals surface area contributed by atoms with E-state index in [0.717, 1.165) is 25.1 Å². The molecular weight excluding hydrogens is 268 g/mol. The third-order valence-electron chi connectivity index (χ3n) is 3.50. The fourth-order valence-electron chi connectivity index (χ4n) is 2.25. The van der Waals surface area contributed by atoms with E-state index in [4.69, 9.17) is 16.3 Å². The van der Waals surface area contributed by atoms with Gasteiger partial charge in [0.05, 0.1) is 11.0 Å². The smallest absolute Gasteiger partial charge is 0.269 e. The minimum atomic E-state index is -0.410. The number of nitrogens with zero attached hydrogens (tertiary/aromatic N) is 1. The van der Waals surface area contributed by atoms with Crippen molar-refractivity contribution in [1.29, 1.82) is 0 Å². The van der Waals surface area contributed by atoms with Crippen LogP contribution in [0.3, 0.4) is 0 Å². The minimum absolute atomic E-state index is 0.0683. The molecule has 19 heavy (non-hydrogen) atoms. The Morgan fingerprint density at radius 2 is 2.37 bits per heavy atom. The third-order valence-corrected chi connectivity index (χ3v) is 3.86. The SMILES string of the molecule is CC1OCCC1CNCc1cc([N+](=O)[O-])ccc1Cl. The molecule has 1 aliphatic rings. The van der Waals surface area contributed by atoms with Crippen LogP contribution in [-0.2, 0) is 11.3 Å². The molecule has 5 nitrogen and oxygen atoms in total. The summed E-state index contributed by atoms with van der Waals surface area (Å²) in [6.07, 6.45) is 1.32. The largest absolute Gasteiger partial charge is 0.378 e. The van der Waals surface area contributed by atoms with Crippen molar-refractivity contribution >= 4 is 17.3 Å². The normalized spacial score (nSPS) is 22.6. The Kier molecular flexibility index (Phi) is 4.74. The Labute approximate surface area is 117 Å². The summed E-state index contributed by atoms with van der Waals surface area (Å²) in [5, 5.41) is 14.6. The molecule has 0 aromatic heterocycles. The van der Waals surface area contributed by atoms with Crippen LogP contribution < -0.4 is 5.32 Å². The molecule has 2 atom stereocenters. The number of halogens is 1. The highest BCUT2D eigenvalue weighted by Gasteiger charge is 2.23. The van der Waals surface area contributed by atoms with E-state index in [9.17, 15) is 10.1 Å². The summed E-state index contributed by atoms with van der Waals surface area (Å²) in [4.78, 5) is 10.3. The first-order valence-electron chi connectivity index (χ1n) is 6.33. The number of nitro benzene ring substituents is 1. The maximum Gasteiger partial charge on any atom is 0.269 e. The van der Waals surface area contributed by atoms with Crippen molar-refractivity contribution in [3.05, 3.63) is 38.9 Å². The fraction of sp³-hybridized carbons (Fsp3) is 0.538. The van der Waals surface area contributed by atoms with Gasteiger partial charge < -0.3 is 10.1 Å². The van der Waals surface area contributed by atoms with E-state index >= 15 is 0 Å². The Balaban J connectivity index is 1.91.